The Morgan fingerprint density at radius 3 is 1.67 bits per heavy atom. The topological polar surface area (TPSA) is 36.1 Å². The average molecular weight is 238 g/mol. The zero-order valence-electron chi connectivity index (χ0n) is 8.59. The molecule has 1 atom stereocenters. The molecule has 12 heavy (non-hydrogen) atoms. The van der Waals surface area contributed by atoms with Crippen molar-refractivity contribution in [1.29, 1.82) is 0 Å². The number of nitrogens with one attached hydrogen (secondary N) is 3. The highest BCUT2D eigenvalue weighted by atomic mass is 79.9. The molecule has 0 heterocycles. The number of alkyl halides is 1. The lowest BCUT2D eigenvalue weighted by atomic mass is 10.0. The Morgan fingerprint density at radius 1 is 1.00 bits per heavy atom. The second-order valence-electron chi connectivity index (χ2n) is 3.46. The van der Waals surface area contributed by atoms with Gasteiger partial charge >= 0.3 is 0 Å². The smallest absolute Gasteiger partial charge is 0.0741 e. The summed E-state index contributed by atoms with van der Waals surface area (Å²) in [6, 6.07) is 0. The van der Waals surface area contributed by atoms with E-state index >= 15 is 0 Å². The summed E-state index contributed by atoms with van der Waals surface area (Å²) in [5, 5.41) is 9.68. The molecule has 0 aromatic carbocycles. The Kier molecular flexibility index (Phi) is 4.69. The maximum Gasteiger partial charge on any atom is 0.0741 e. The largest absolute Gasteiger partial charge is 0.305 e. The Morgan fingerprint density at radius 2 is 1.42 bits per heavy atom. The van der Waals surface area contributed by atoms with E-state index in [1.807, 2.05) is 21.1 Å². The average Bonchev–Trinajstić information content (AvgIpc) is 2.04. The normalized spacial score (nSPS) is 17.5. The summed E-state index contributed by atoms with van der Waals surface area (Å²) in [5.41, 5.74) is -0.0404. The molecule has 1 unspecified atom stereocenters. The molecule has 3 N–H and O–H groups in total. The summed E-state index contributed by atoms with van der Waals surface area (Å²) in [4.78, 5) is 0. The van der Waals surface area contributed by atoms with E-state index in [0.717, 1.165) is 6.42 Å². The van der Waals surface area contributed by atoms with Gasteiger partial charge in [-0.2, -0.15) is 0 Å². The summed E-state index contributed by atoms with van der Waals surface area (Å²) >= 11 is 3.61. The van der Waals surface area contributed by atoms with Crippen molar-refractivity contribution in [2.45, 2.75) is 30.4 Å². The summed E-state index contributed by atoms with van der Waals surface area (Å²) in [6.45, 7) is 4.24. The molecule has 0 aromatic rings. The van der Waals surface area contributed by atoms with Crippen LogP contribution in [0.4, 0.5) is 0 Å². The Labute approximate surface area is 83.8 Å². The molecule has 0 aliphatic carbocycles. The van der Waals surface area contributed by atoms with Crippen LogP contribution in [-0.4, -0.2) is 31.3 Å². The van der Waals surface area contributed by atoms with Crippen LogP contribution in [0.25, 0.3) is 0 Å². The van der Waals surface area contributed by atoms with Gasteiger partial charge in [0.25, 0.3) is 0 Å². The number of hydrogen-bond donors (Lipinski definition) is 3. The Balaban J connectivity index is 4.20. The van der Waals surface area contributed by atoms with Crippen molar-refractivity contribution < 1.29 is 0 Å². The van der Waals surface area contributed by atoms with Gasteiger partial charge in [0.15, 0.2) is 0 Å². The first-order valence-electron chi connectivity index (χ1n) is 4.15. The van der Waals surface area contributed by atoms with Gasteiger partial charge < -0.3 is 16.0 Å². The maximum atomic E-state index is 3.61. The zero-order valence-corrected chi connectivity index (χ0v) is 10.2. The summed E-state index contributed by atoms with van der Waals surface area (Å²) in [5.74, 6) is 0. The van der Waals surface area contributed by atoms with Crippen LogP contribution in [0.2, 0.25) is 0 Å². The van der Waals surface area contributed by atoms with Gasteiger partial charge in [0, 0.05) is 6.42 Å². The van der Waals surface area contributed by atoms with Crippen LogP contribution in [-0.2, 0) is 0 Å². The lowest BCUT2D eigenvalue weighted by molar-refractivity contribution is 0.264. The highest BCUT2D eigenvalue weighted by Gasteiger charge is 2.29. The molecule has 4 heteroatoms. The number of rotatable bonds is 5. The van der Waals surface area contributed by atoms with E-state index in [2.05, 4.69) is 45.7 Å². The van der Waals surface area contributed by atoms with Crippen molar-refractivity contribution >= 4 is 15.9 Å². The minimum absolute atomic E-state index is 0.0340. The van der Waals surface area contributed by atoms with Crippen molar-refractivity contribution in [3.63, 3.8) is 0 Å². The van der Waals surface area contributed by atoms with Crippen LogP contribution >= 0.6 is 15.9 Å². The van der Waals surface area contributed by atoms with Gasteiger partial charge in [0.05, 0.1) is 10.1 Å². The number of halogens is 1. The van der Waals surface area contributed by atoms with E-state index in [1.54, 1.807) is 0 Å². The molecule has 0 radical (unpaired) electrons. The predicted molar refractivity (Wildman–Crippen MR) is 57.5 cm³/mol. The van der Waals surface area contributed by atoms with E-state index < -0.39 is 0 Å². The highest BCUT2D eigenvalue weighted by molar-refractivity contribution is 9.10. The molecule has 74 valence electrons. The van der Waals surface area contributed by atoms with Crippen molar-refractivity contribution in [1.82, 2.24) is 16.0 Å². The molecule has 3 nitrogen and oxygen atoms in total. The fourth-order valence-corrected chi connectivity index (χ4v) is 1.61. The lowest BCUT2D eigenvalue weighted by Crippen LogP contribution is -2.56. The SMILES string of the molecule is CNC(C)(Br)CC(C)(NC)NC. The Hall–Kier alpha value is 0.360. The monoisotopic (exact) mass is 237 g/mol. The van der Waals surface area contributed by atoms with Crippen LogP contribution in [0.5, 0.6) is 0 Å². The van der Waals surface area contributed by atoms with Crippen molar-refractivity contribution in [2.24, 2.45) is 0 Å². The summed E-state index contributed by atoms with van der Waals surface area (Å²) < 4.78 is -0.0340. The summed E-state index contributed by atoms with van der Waals surface area (Å²) in [6.07, 6.45) is 0.948. The second-order valence-corrected chi connectivity index (χ2v) is 5.21. The van der Waals surface area contributed by atoms with Gasteiger partial charge in [0.1, 0.15) is 0 Å². The zero-order chi connectivity index (χ0) is 9.83. The van der Waals surface area contributed by atoms with Gasteiger partial charge in [-0.15, -0.1) is 0 Å². The molecule has 0 aliphatic heterocycles. The van der Waals surface area contributed by atoms with Crippen molar-refractivity contribution in [3.05, 3.63) is 0 Å². The van der Waals surface area contributed by atoms with Crippen LogP contribution in [0.3, 0.4) is 0 Å². The third-order valence-corrected chi connectivity index (χ3v) is 2.99. The third kappa shape index (κ3) is 3.85. The Bertz CT molecular complexity index is 132. The fourth-order valence-electron chi connectivity index (χ4n) is 1.05. The maximum absolute atomic E-state index is 3.61. The van der Waals surface area contributed by atoms with E-state index in [-0.39, 0.29) is 10.1 Å². The molecule has 0 aliphatic rings. The van der Waals surface area contributed by atoms with Gasteiger partial charge in [-0.3, -0.25) is 0 Å². The van der Waals surface area contributed by atoms with Crippen LogP contribution in [0.1, 0.15) is 20.3 Å². The standard InChI is InChI=1S/C8H20BrN3/c1-7(9,10-3)6-8(2,11-4)12-5/h10-12H,6H2,1-5H3. The third-order valence-electron chi connectivity index (χ3n) is 2.31. The van der Waals surface area contributed by atoms with Gasteiger partial charge in [-0.05, 0) is 35.0 Å². The fraction of sp³-hybridized carbons (Fsp3) is 1.00. The number of hydrogen-bond acceptors (Lipinski definition) is 3. The molecule has 0 saturated heterocycles. The first-order chi connectivity index (χ1) is 5.39. The van der Waals surface area contributed by atoms with Gasteiger partial charge in [-0.1, -0.05) is 15.9 Å². The lowest BCUT2D eigenvalue weighted by Gasteiger charge is -2.36. The molecule has 0 spiro atoms. The van der Waals surface area contributed by atoms with Gasteiger partial charge in [0.2, 0.25) is 0 Å². The quantitative estimate of drug-likeness (QED) is 0.378. The van der Waals surface area contributed by atoms with Crippen LogP contribution in [0, 0.1) is 0 Å². The molecule has 0 rings (SSSR count). The minimum Gasteiger partial charge on any atom is -0.305 e. The van der Waals surface area contributed by atoms with E-state index in [1.165, 1.54) is 0 Å². The van der Waals surface area contributed by atoms with Crippen LogP contribution in [0.15, 0.2) is 0 Å². The summed E-state index contributed by atoms with van der Waals surface area (Å²) in [7, 11) is 5.85. The van der Waals surface area contributed by atoms with E-state index in [4.69, 9.17) is 0 Å². The highest BCUT2D eigenvalue weighted by Crippen LogP contribution is 2.23. The molecule has 0 saturated carbocycles. The first kappa shape index (κ1) is 12.4. The molecular formula is C8H20BrN3. The first-order valence-corrected chi connectivity index (χ1v) is 4.94. The molecule has 0 amide bonds. The second kappa shape index (κ2) is 4.56. The molecule has 0 fully saturated rings. The molecular weight excluding hydrogens is 218 g/mol. The van der Waals surface area contributed by atoms with Crippen LogP contribution < -0.4 is 16.0 Å². The minimum atomic E-state index is -0.0404. The predicted octanol–water partition coefficient (Wildman–Crippen LogP) is 0.862. The van der Waals surface area contributed by atoms with Gasteiger partial charge in [-0.25, -0.2) is 0 Å². The van der Waals surface area contributed by atoms with Crippen molar-refractivity contribution in [3.8, 4) is 0 Å². The molecule has 0 bridgehead atoms. The van der Waals surface area contributed by atoms with E-state index in [9.17, 15) is 0 Å². The van der Waals surface area contributed by atoms with E-state index in [0.29, 0.717) is 0 Å². The molecule has 0 aromatic heterocycles. The van der Waals surface area contributed by atoms with Crippen molar-refractivity contribution in [2.75, 3.05) is 21.1 Å².